The fourth-order valence-corrected chi connectivity index (χ4v) is 3.09. The van der Waals surface area contributed by atoms with Gasteiger partial charge in [-0.1, -0.05) is 11.8 Å². The van der Waals surface area contributed by atoms with E-state index in [4.69, 9.17) is 5.11 Å². The Kier molecular flexibility index (Phi) is 4.49. The van der Waals surface area contributed by atoms with E-state index >= 15 is 0 Å². The first-order valence-electron chi connectivity index (χ1n) is 5.12. The van der Waals surface area contributed by atoms with Crippen molar-refractivity contribution in [3.8, 4) is 0 Å². The molecule has 2 aromatic heterocycles. The Morgan fingerprint density at radius 3 is 3.11 bits per heavy atom. The van der Waals surface area contributed by atoms with E-state index in [-0.39, 0.29) is 0 Å². The average molecular weight is 278 g/mol. The Morgan fingerprint density at radius 1 is 1.50 bits per heavy atom. The highest BCUT2D eigenvalue weighted by molar-refractivity contribution is 7.98. The summed E-state index contributed by atoms with van der Waals surface area (Å²) in [6, 6.07) is 1.91. The van der Waals surface area contributed by atoms with Gasteiger partial charge in [-0.3, -0.25) is 4.98 Å². The van der Waals surface area contributed by atoms with Crippen molar-refractivity contribution in [2.45, 2.75) is 10.8 Å². The van der Waals surface area contributed by atoms with Crippen LogP contribution in [0.4, 0.5) is 0 Å². The third kappa shape index (κ3) is 3.68. The third-order valence-corrected chi connectivity index (χ3v) is 4.14. The van der Waals surface area contributed by atoms with Crippen molar-refractivity contribution >= 4 is 35.1 Å². The lowest BCUT2D eigenvalue weighted by molar-refractivity contribution is -0.131. The summed E-state index contributed by atoms with van der Waals surface area (Å²) in [5.74, 6) is -0.177. The summed E-state index contributed by atoms with van der Waals surface area (Å²) in [4.78, 5) is 19.8. The van der Waals surface area contributed by atoms with E-state index < -0.39 is 5.97 Å². The number of rotatable bonds is 5. The number of carboxylic acids is 1. The predicted molar refractivity (Wildman–Crippen MR) is 72.6 cm³/mol. The molecule has 2 heterocycles. The zero-order valence-electron chi connectivity index (χ0n) is 9.31. The highest BCUT2D eigenvalue weighted by atomic mass is 32.2. The van der Waals surface area contributed by atoms with Crippen molar-refractivity contribution in [2.75, 3.05) is 0 Å². The van der Waals surface area contributed by atoms with E-state index in [1.165, 1.54) is 0 Å². The van der Waals surface area contributed by atoms with Crippen LogP contribution in [-0.2, 0) is 10.5 Å². The molecule has 0 unspecified atom stereocenters. The molecule has 0 saturated carbocycles. The highest BCUT2D eigenvalue weighted by Gasteiger charge is 2.04. The molecule has 0 atom stereocenters. The summed E-state index contributed by atoms with van der Waals surface area (Å²) in [5, 5.41) is 11.4. The highest BCUT2D eigenvalue weighted by Crippen LogP contribution is 2.26. The lowest BCUT2D eigenvalue weighted by Crippen LogP contribution is -1.87. The van der Waals surface area contributed by atoms with E-state index in [0.717, 1.165) is 27.3 Å². The molecule has 0 aliphatic heterocycles. The van der Waals surface area contributed by atoms with Gasteiger partial charge in [0.05, 0.1) is 6.20 Å². The summed E-state index contributed by atoms with van der Waals surface area (Å²) in [5.41, 5.74) is 0.943. The molecule has 4 nitrogen and oxygen atoms in total. The zero-order chi connectivity index (χ0) is 12.8. The second kappa shape index (κ2) is 6.32. The molecule has 0 fully saturated rings. The topological polar surface area (TPSA) is 63.1 Å². The van der Waals surface area contributed by atoms with E-state index in [1.807, 2.05) is 11.4 Å². The maximum Gasteiger partial charge on any atom is 0.328 e. The predicted octanol–water partition coefficient (Wildman–Crippen LogP) is 2.93. The minimum atomic E-state index is -0.936. The Bertz CT molecular complexity index is 552. The van der Waals surface area contributed by atoms with Crippen LogP contribution in [-0.4, -0.2) is 21.0 Å². The molecule has 1 N–H and O–H groups in total. The Morgan fingerprint density at radius 2 is 2.39 bits per heavy atom. The normalized spacial score (nSPS) is 10.9. The van der Waals surface area contributed by atoms with Crippen molar-refractivity contribution in [1.82, 2.24) is 9.97 Å². The minimum Gasteiger partial charge on any atom is -0.478 e. The molecule has 2 aromatic rings. The van der Waals surface area contributed by atoms with Gasteiger partial charge in [-0.25, -0.2) is 9.78 Å². The van der Waals surface area contributed by atoms with Crippen LogP contribution in [0, 0.1) is 0 Å². The summed E-state index contributed by atoms with van der Waals surface area (Å²) in [6.45, 7) is 0. The molecule has 0 aliphatic carbocycles. The third-order valence-electron chi connectivity index (χ3n) is 2.08. The summed E-state index contributed by atoms with van der Waals surface area (Å²) < 4.78 is 0. The standard InChI is InChI=1S/C12H10N2O2S2/c15-12(16)2-1-9-3-6-17-10(9)8-18-11-7-13-4-5-14-11/h1-7H,8H2,(H,15,16)/b2-1+. The maximum atomic E-state index is 10.5. The molecule has 0 aliphatic rings. The second-order valence-corrected chi connectivity index (χ2v) is 5.30. The first kappa shape index (κ1) is 12.8. The van der Waals surface area contributed by atoms with Crippen LogP contribution in [0.5, 0.6) is 0 Å². The van der Waals surface area contributed by atoms with E-state index in [0.29, 0.717) is 0 Å². The van der Waals surface area contributed by atoms with Gasteiger partial charge in [-0.05, 0) is 23.1 Å². The second-order valence-electron chi connectivity index (χ2n) is 3.30. The summed E-state index contributed by atoms with van der Waals surface area (Å²) in [7, 11) is 0. The molecule has 6 heteroatoms. The van der Waals surface area contributed by atoms with Crippen LogP contribution in [0.3, 0.4) is 0 Å². The number of hydrogen-bond acceptors (Lipinski definition) is 5. The number of carbonyl (C=O) groups is 1. The SMILES string of the molecule is O=C(O)/C=C/c1ccsc1CSc1cnccn1. The van der Waals surface area contributed by atoms with Crippen LogP contribution < -0.4 is 0 Å². The van der Waals surface area contributed by atoms with Crippen LogP contribution >= 0.6 is 23.1 Å². The molecular weight excluding hydrogens is 268 g/mol. The van der Waals surface area contributed by atoms with Gasteiger partial charge >= 0.3 is 5.97 Å². The van der Waals surface area contributed by atoms with E-state index in [1.54, 1.807) is 47.8 Å². The molecule has 0 spiro atoms. The molecular formula is C12H10N2O2S2. The smallest absolute Gasteiger partial charge is 0.328 e. The number of aliphatic carboxylic acids is 1. The number of thioether (sulfide) groups is 1. The number of hydrogen-bond donors (Lipinski definition) is 1. The molecule has 0 aromatic carbocycles. The number of nitrogens with zero attached hydrogens (tertiary/aromatic N) is 2. The first-order chi connectivity index (χ1) is 8.75. The molecule has 0 bridgehead atoms. The van der Waals surface area contributed by atoms with Gasteiger partial charge < -0.3 is 5.11 Å². The fraction of sp³-hybridized carbons (Fsp3) is 0.0833. The molecule has 18 heavy (non-hydrogen) atoms. The quantitative estimate of drug-likeness (QED) is 0.673. The van der Waals surface area contributed by atoms with Gasteiger partial charge in [-0.2, -0.15) is 0 Å². The summed E-state index contributed by atoms with van der Waals surface area (Å²) >= 11 is 3.19. The van der Waals surface area contributed by atoms with Crippen LogP contribution in [0.1, 0.15) is 10.4 Å². The fourth-order valence-electron chi connectivity index (χ4n) is 1.28. The van der Waals surface area contributed by atoms with E-state index in [9.17, 15) is 4.79 Å². The van der Waals surface area contributed by atoms with Gasteiger partial charge in [-0.15, -0.1) is 11.3 Å². The van der Waals surface area contributed by atoms with Gasteiger partial charge in [0.25, 0.3) is 0 Å². The summed E-state index contributed by atoms with van der Waals surface area (Å²) in [6.07, 6.45) is 7.77. The lowest BCUT2D eigenvalue weighted by Gasteiger charge is -1.99. The van der Waals surface area contributed by atoms with Crippen molar-refractivity contribution in [3.63, 3.8) is 0 Å². The molecule has 2 rings (SSSR count). The van der Waals surface area contributed by atoms with Crippen LogP contribution in [0.15, 0.2) is 41.1 Å². The Labute approximate surface area is 112 Å². The number of thiophene rings is 1. The molecule has 0 radical (unpaired) electrons. The molecule has 0 amide bonds. The average Bonchev–Trinajstić information content (AvgIpc) is 2.82. The Hall–Kier alpha value is -1.66. The zero-order valence-corrected chi connectivity index (χ0v) is 10.9. The van der Waals surface area contributed by atoms with Crippen LogP contribution in [0.25, 0.3) is 6.08 Å². The van der Waals surface area contributed by atoms with Gasteiger partial charge in [0.1, 0.15) is 5.03 Å². The largest absolute Gasteiger partial charge is 0.478 e. The van der Waals surface area contributed by atoms with Crippen molar-refractivity contribution < 1.29 is 9.90 Å². The Balaban J connectivity index is 2.02. The minimum absolute atomic E-state index is 0.760. The maximum absolute atomic E-state index is 10.5. The van der Waals surface area contributed by atoms with Gasteiger partial charge in [0, 0.05) is 29.1 Å². The van der Waals surface area contributed by atoms with Gasteiger partial charge in [0.15, 0.2) is 0 Å². The van der Waals surface area contributed by atoms with E-state index in [2.05, 4.69) is 9.97 Å². The number of aromatic nitrogens is 2. The van der Waals surface area contributed by atoms with Crippen molar-refractivity contribution in [2.24, 2.45) is 0 Å². The van der Waals surface area contributed by atoms with Crippen LogP contribution in [0.2, 0.25) is 0 Å². The molecule has 92 valence electrons. The molecule has 0 saturated heterocycles. The first-order valence-corrected chi connectivity index (χ1v) is 6.98. The monoisotopic (exact) mass is 278 g/mol. The van der Waals surface area contributed by atoms with Crippen molar-refractivity contribution in [1.29, 1.82) is 0 Å². The lowest BCUT2D eigenvalue weighted by atomic mass is 10.2. The van der Waals surface area contributed by atoms with Crippen molar-refractivity contribution in [3.05, 3.63) is 46.6 Å². The van der Waals surface area contributed by atoms with Gasteiger partial charge in [0.2, 0.25) is 0 Å². The number of carboxylic acid groups (broad SMARTS) is 1.